The molecule has 0 saturated heterocycles. The van der Waals surface area contributed by atoms with Crippen molar-refractivity contribution >= 4 is 27.4 Å². The number of nitrogens with zero attached hydrogens (tertiary/aromatic N) is 1. The number of carboxylic acids is 1. The number of phenols is 1. The van der Waals surface area contributed by atoms with E-state index in [-0.39, 0.29) is 23.5 Å². The summed E-state index contributed by atoms with van der Waals surface area (Å²) in [6.45, 7) is 3.07. The molecule has 0 radical (unpaired) electrons. The van der Waals surface area contributed by atoms with Crippen LogP contribution in [0.3, 0.4) is 0 Å². The van der Waals surface area contributed by atoms with E-state index in [4.69, 9.17) is 9.84 Å². The zero-order valence-corrected chi connectivity index (χ0v) is 19.4. The van der Waals surface area contributed by atoms with Gasteiger partial charge in [0, 0.05) is 21.2 Å². The summed E-state index contributed by atoms with van der Waals surface area (Å²) in [6, 6.07) is 5.64. The minimum atomic E-state index is -4.43. The SMILES string of the molecule is CCCc1c(CCC(N=O)c2cc(C)c(OCC(=O)O)cc2O)sc2cc(C(F)(F)F)ccc12. The fraction of sp³-hybridized carbons (Fsp3) is 0.375. The van der Waals surface area contributed by atoms with Gasteiger partial charge in [-0.2, -0.15) is 18.1 Å². The molecular weight excluding hydrogens is 471 g/mol. The van der Waals surface area contributed by atoms with Crippen molar-refractivity contribution in [1.82, 2.24) is 0 Å². The molecule has 3 rings (SSSR count). The summed E-state index contributed by atoms with van der Waals surface area (Å²) in [5, 5.41) is 23.1. The Kier molecular flexibility index (Phi) is 7.81. The van der Waals surface area contributed by atoms with Crippen LogP contribution >= 0.6 is 11.3 Å². The molecule has 1 atom stereocenters. The van der Waals surface area contributed by atoms with E-state index < -0.39 is 30.4 Å². The number of fused-ring (bicyclic) bond motifs is 1. The van der Waals surface area contributed by atoms with Crippen molar-refractivity contribution in [2.24, 2.45) is 5.18 Å². The van der Waals surface area contributed by atoms with Crippen LogP contribution in [0.1, 0.15) is 52.9 Å². The molecule has 1 aromatic heterocycles. The summed E-state index contributed by atoms with van der Waals surface area (Å²) in [5.41, 5.74) is 1.09. The van der Waals surface area contributed by atoms with Gasteiger partial charge in [-0.3, -0.25) is 0 Å². The van der Waals surface area contributed by atoms with Crippen LogP contribution in [-0.2, 0) is 23.8 Å². The number of thiophene rings is 1. The van der Waals surface area contributed by atoms with Crippen molar-refractivity contribution in [1.29, 1.82) is 0 Å². The minimum absolute atomic E-state index is 0.184. The Morgan fingerprint density at radius 3 is 2.56 bits per heavy atom. The van der Waals surface area contributed by atoms with E-state index in [1.807, 2.05) is 6.92 Å². The molecule has 1 heterocycles. The number of ether oxygens (including phenoxy) is 1. The summed E-state index contributed by atoms with van der Waals surface area (Å²) in [5.74, 6) is -1.22. The number of aliphatic carboxylic acids is 1. The predicted molar refractivity (Wildman–Crippen MR) is 124 cm³/mol. The van der Waals surface area contributed by atoms with Crippen LogP contribution < -0.4 is 4.74 Å². The van der Waals surface area contributed by atoms with Crippen LogP contribution in [0.15, 0.2) is 35.5 Å². The lowest BCUT2D eigenvalue weighted by atomic mass is 9.97. The Morgan fingerprint density at radius 2 is 1.94 bits per heavy atom. The lowest BCUT2D eigenvalue weighted by Crippen LogP contribution is -2.10. The number of phenolic OH excluding ortho intramolecular Hbond substituents is 1. The number of hydrogen-bond acceptors (Lipinski definition) is 6. The second-order valence-electron chi connectivity index (χ2n) is 7.98. The molecule has 0 spiro atoms. The van der Waals surface area contributed by atoms with E-state index in [1.165, 1.54) is 29.5 Å². The number of carboxylic acid groups (broad SMARTS) is 1. The van der Waals surface area contributed by atoms with Gasteiger partial charge in [0.05, 0.1) is 5.56 Å². The summed E-state index contributed by atoms with van der Waals surface area (Å²) in [7, 11) is 0. The molecule has 0 amide bonds. The van der Waals surface area contributed by atoms with Gasteiger partial charge in [0.1, 0.15) is 17.5 Å². The Morgan fingerprint density at radius 1 is 1.21 bits per heavy atom. The maximum atomic E-state index is 13.1. The molecular formula is C24H24F3NO5S. The zero-order chi connectivity index (χ0) is 25.0. The van der Waals surface area contributed by atoms with Gasteiger partial charge in [0.15, 0.2) is 6.61 Å². The van der Waals surface area contributed by atoms with Gasteiger partial charge in [0.2, 0.25) is 0 Å². The molecule has 0 aliphatic rings. The molecule has 0 aliphatic heterocycles. The third kappa shape index (κ3) is 5.67. The molecule has 6 nitrogen and oxygen atoms in total. The number of hydrogen-bond donors (Lipinski definition) is 2. The van der Waals surface area contributed by atoms with Gasteiger partial charge in [-0.25, -0.2) is 4.79 Å². The molecule has 1 unspecified atom stereocenters. The second-order valence-corrected chi connectivity index (χ2v) is 9.12. The first-order valence-electron chi connectivity index (χ1n) is 10.7. The molecule has 34 heavy (non-hydrogen) atoms. The number of halogens is 3. The van der Waals surface area contributed by atoms with Crippen molar-refractivity contribution in [3.05, 3.63) is 62.4 Å². The molecule has 3 aromatic rings. The average molecular weight is 496 g/mol. The Labute approximate surface area is 198 Å². The highest BCUT2D eigenvalue weighted by Crippen LogP contribution is 2.40. The first-order chi connectivity index (χ1) is 16.0. The number of benzene rings is 2. The average Bonchev–Trinajstić information content (AvgIpc) is 3.11. The molecule has 10 heteroatoms. The van der Waals surface area contributed by atoms with Gasteiger partial charge in [-0.15, -0.1) is 11.3 Å². The monoisotopic (exact) mass is 495 g/mol. The quantitative estimate of drug-likeness (QED) is 0.302. The Balaban J connectivity index is 1.87. The number of nitroso groups, excluding NO2 is 1. The lowest BCUT2D eigenvalue weighted by molar-refractivity contribution is -0.139. The van der Waals surface area contributed by atoms with Crippen molar-refractivity contribution in [3.63, 3.8) is 0 Å². The highest BCUT2D eigenvalue weighted by Gasteiger charge is 2.31. The molecule has 0 aliphatic carbocycles. The molecule has 2 N–H and O–H groups in total. The summed E-state index contributed by atoms with van der Waals surface area (Å²) >= 11 is 1.28. The summed E-state index contributed by atoms with van der Waals surface area (Å²) in [4.78, 5) is 23.2. The van der Waals surface area contributed by atoms with Crippen molar-refractivity contribution < 1.29 is 32.9 Å². The highest BCUT2D eigenvalue weighted by molar-refractivity contribution is 7.19. The van der Waals surface area contributed by atoms with Crippen LogP contribution in [0.4, 0.5) is 13.2 Å². The van der Waals surface area contributed by atoms with Gasteiger partial charge in [-0.1, -0.05) is 24.6 Å². The normalized spacial score (nSPS) is 12.6. The molecule has 0 saturated carbocycles. The summed E-state index contributed by atoms with van der Waals surface area (Å²) < 4.78 is 45.1. The van der Waals surface area contributed by atoms with E-state index >= 15 is 0 Å². The van der Waals surface area contributed by atoms with E-state index in [2.05, 4.69) is 5.18 Å². The molecule has 0 bridgehead atoms. The molecule has 0 fully saturated rings. The third-order valence-corrected chi connectivity index (χ3v) is 6.76. The largest absolute Gasteiger partial charge is 0.507 e. The topological polar surface area (TPSA) is 96.2 Å². The Hall–Kier alpha value is -3.14. The van der Waals surface area contributed by atoms with Gasteiger partial charge in [-0.05, 0) is 60.9 Å². The van der Waals surface area contributed by atoms with Gasteiger partial charge in [0.25, 0.3) is 0 Å². The van der Waals surface area contributed by atoms with E-state index in [9.17, 15) is 28.0 Å². The van der Waals surface area contributed by atoms with Gasteiger partial charge < -0.3 is 14.9 Å². The maximum Gasteiger partial charge on any atom is 0.416 e. The number of aromatic hydroxyl groups is 1. The number of carbonyl (C=O) groups is 1. The van der Waals surface area contributed by atoms with Crippen LogP contribution in [0, 0.1) is 11.8 Å². The first kappa shape index (κ1) is 25.5. The van der Waals surface area contributed by atoms with Crippen molar-refractivity contribution in [2.75, 3.05) is 6.61 Å². The number of rotatable bonds is 10. The third-order valence-electron chi connectivity index (χ3n) is 5.51. The molecule has 2 aromatic carbocycles. The number of aryl methyl sites for hydroxylation is 3. The number of alkyl halides is 3. The van der Waals surface area contributed by atoms with Gasteiger partial charge >= 0.3 is 12.1 Å². The fourth-order valence-electron chi connectivity index (χ4n) is 3.90. The summed E-state index contributed by atoms with van der Waals surface area (Å²) in [6.07, 6.45) is -2.26. The van der Waals surface area contributed by atoms with Crippen LogP contribution in [-0.4, -0.2) is 22.8 Å². The van der Waals surface area contributed by atoms with Crippen molar-refractivity contribution in [2.45, 2.75) is 51.7 Å². The predicted octanol–water partition coefficient (Wildman–Crippen LogP) is 6.79. The van der Waals surface area contributed by atoms with E-state index in [0.29, 0.717) is 23.1 Å². The standard InChI is InChI=1S/C24H24F3NO5S/c1-3-4-15-16-6-5-14(24(25,26)27)10-22(16)34-21(15)8-7-18(28-32)17-9-13(2)20(11-19(17)29)33-12-23(30)31/h5-6,9-11,18,29H,3-4,7-8,12H2,1-2H3,(H,30,31). The first-order valence-corrected chi connectivity index (χ1v) is 11.5. The second kappa shape index (κ2) is 10.4. The van der Waals surface area contributed by atoms with E-state index in [0.717, 1.165) is 34.4 Å². The maximum absolute atomic E-state index is 13.1. The lowest BCUT2D eigenvalue weighted by Gasteiger charge is -2.15. The van der Waals surface area contributed by atoms with E-state index in [1.54, 1.807) is 6.92 Å². The van der Waals surface area contributed by atoms with Crippen LogP contribution in [0.5, 0.6) is 11.5 Å². The van der Waals surface area contributed by atoms with Crippen molar-refractivity contribution in [3.8, 4) is 11.5 Å². The Bertz CT molecular complexity index is 1210. The van der Waals surface area contributed by atoms with Crippen LogP contribution in [0.25, 0.3) is 10.1 Å². The minimum Gasteiger partial charge on any atom is -0.507 e. The zero-order valence-electron chi connectivity index (χ0n) is 18.6. The van der Waals surface area contributed by atoms with Crippen LogP contribution in [0.2, 0.25) is 0 Å². The smallest absolute Gasteiger partial charge is 0.416 e. The molecule has 182 valence electrons. The highest BCUT2D eigenvalue weighted by atomic mass is 32.1. The fourth-order valence-corrected chi connectivity index (χ4v) is 5.20.